The molecule has 4 heteroatoms. The van der Waals surface area contributed by atoms with Gasteiger partial charge in [0, 0.05) is 19.7 Å². The Morgan fingerprint density at radius 1 is 1.47 bits per heavy atom. The van der Waals surface area contributed by atoms with Crippen molar-refractivity contribution in [3.8, 4) is 0 Å². The number of nitrogens with one attached hydrogen (secondary N) is 1. The highest BCUT2D eigenvalue weighted by Gasteiger charge is 2.08. The summed E-state index contributed by atoms with van der Waals surface area (Å²) in [6.45, 7) is 4.38. The molecule has 0 atom stereocenters. The second-order valence-electron chi connectivity index (χ2n) is 3.43. The van der Waals surface area contributed by atoms with Gasteiger partial charge in [-0.1, -0.05) is 6.92 Å². The molecule has 0 aliphatic rings. The minimum atomic E-state index is -0.0597. The Morgan fingerprint density at radius 2 is 2.20 bits per heavy atom. The molecule has 0 bridgehead atoms. The van der Waals surface area contributed by atoms with E-state index in [4.69, 9.17) is 0 Å². The summed E-state index contributed by atoms with van der Waals surface area (Å²) >= 11 is 0. The second kappa shape index (κ2) is 5.34. The highest BCUT2D eigenvalue weighted by atomic mass is 16.2. The number of amides is 1. The summed E-state index contributed by atoms with van der Waals surface area (Å²) in [6, 6.07) is 3.49. The lowest BCUT2D eigenvalue weighted by Gasteiger charge is -2.07. The zero-order valence-corrected chi connectivity index (χ0v) is 9.12. The molecule has 4 nitrogen and oxygen atoms in total. The molecule has 0 aliphatic carbocycles. The molecule has 1 amide bonds. The normalized spacial score (nSPS) is 10.0. The molecule has 0 radical (unpaired) electrons. The molecule has 1 N–H and O–H groups in total. The van der Waals surface area contributed by atoms with Crippen LogP contribution in [0.4, 0.5) is 0 Å². The van der Waals surface area contributed by atoms with Gasteiger partial charge in [0.05, 0.1) is 5.69 Å². The van der Waals surface area contributed by atoms with E-state index >= 15 is 0 Å². The van der Waals surface area contributed by atoms with E-state index in [0.717, 1.165) is 6.42 Å². The van der Waals surface area contributed by atoms with Crippen LogP contribution >= 0.6 is 0 Å². The van der Waals surface area contributed by atoms with Crippen molar-refractivity contribution in [3.63, 3.8) is 0 Å². The average molecular weight is 208 g/mol. The van der Waals surface area contributed by atoms with Crippen molar-refractivity contribution >= 4 is 11.7 Å². The fourth-order valence-corrected chi connectivity index (χ4v) is 1.35. The Balaban J connectivity index is 2.60. The van der Waals surface area contributed by atoms with Crippen molar-refractivity contribution in [2.75, 3.05) is 6.54 Å². The molecule has 0 aromatic carbocycles. The number of hydrogen-bond acceptors (Lipinski definition) is 2. The highest BCUT2D eigenvalue weighted by molar-refractivity contribution is 5.93. The standard InChI is InChI=1S/C11H16N2O2/c1-3-6-12-11(15)8-13-7-4-5-10(13)9(2)14/h4-5,7H,3,6,8H2,1-2H3,(H,12,15). The molecular formula is C11H16N2O2. The molecule has 1 aromatic rings. The molecular weight excluding hydrogens is 192 g/mol. The number of Topliss-reactive ketones (excluding diaryl/α,β-unsaturated/α-hetero) is 1. The average Bonchev–Trinajstić information content (AvgIpc) is 2.62. The van der Waals surface area contributed by atoms with E-state index in [2.05, 4.69) is 5.32 Å². The molecule has 1 aromatic heterocycles. The van der Waals surface area contributed by atoms with Crippen LogP contribution in [-0.2, 0) is 11.3 Å². The summed E-state index contributed by atoms with van der Waals surface area (Å²) in [5.74, 6) is -0.0844. The maximum absolute atomic E-state index is 11.4. The first-order valence-electron chi connectivity index (χ1n) is 5.08. The quantitative estimate of drug-likeness (QED) is 0.739. The lowest BCUT2D eigenvalue weighted by atomic mass is 10.3. The van der Waals surface area contributed by atoms with Gasteiger partial charge in [0.2, 0.25) is 5.91 Å². The maximum atomic E-state index is 11.4. The first kappa shape index (κ1) is 11.5. The van der Waals surface area contributed by atoms with Crippen molar-refractivity contribution in [1.82, 2.24) is 9.88 Å². The second-order valence-corrected chi connectivity index (χ2v) is 3.43. The maximum Gasteiger partial charge on any atom is 0.239 e. The summed E-state index contributed by atoms with van der Waals surface area (Å²) in [4.78, 5) is 22.6. The predicted molar refractivity (Wildman–Crippen MR) is 57.7 cm³/mol. The summed E-state index contributed by atoms with van der Waals surface area (Å²) in [5, 5.41) is 2.77. The fraction of sp³-hybridized carbons (Fsp3) is 0.455. The third kappa shape index (κ3) is 3.23. The molecule has 0 aliphatic heterocycles. The molecule has 82 valence electrons. The van der Waals surface area contributed by atoms with Crippen LogP contribution in [-0.4, -0.2) is 22.8 Å². The lowest BCUT2D eigenvalue weighted by molar-refractivity contribution is -0.121. The molecule has 0 fully saturated rings. The van der Waals surface area contributed by atoms with E-state index in [1.807, 2.05) is 6.92 Å². The number of carbonyl (C=O) groups is 2. The Morgan fingerprint density at radius 3 is 2.80 bits per heavy atom. The van der Waals surface area contributed by atoms with Crippen molar-refractivity contribution in [2.45, 2.75) is 26.8 Å². The Labute approximate surface area is 89.3 Å². The van der Waals surface area contributed by atoms with Crippen molar-refractivity contribution in [1.29, 1.82) is 0 Å². The van der Waals surface area contributed by atoms with Crippen molar-refractivity contribution in [2.24, 2.45) is 0 Å². The van der Waals surface area contributed by atoms with E-state index in [9.17, 15) is 9.59 Å². The molecule has 15 heavy (non-hydrogen) atoms. The van der Waals surface area contributed by atoms with E-state index in [1.54, 1.807) is 22.9 Å². The Bertz CT molecular complexity index is 355. The monoisotopic (exact) mass is 208 g/mol. The lowest BCUT2D eigenvalue weighted by Crippen LogP contribution is -2.28. The SMILES string of the molecule is CCCNC(=O)Cn1cccc1C(C)=O. The van der Waals surface area contributed by atoms with Crippen molar-refractivity contribution in [3.05, 3.63) is 24.0 Å². The summed E-state index contributed by atoms with van der Waals surface area (Å²) in [7, 11) is 0. The zero-order chi connectivity index (χ0) is 11.3. The van der Waals surface area contributed by atoms with Gasteiger partial charge in [0.15, 0.2) is 5.78 Å². The van der Waals surface area contributed by atoms with Gasteiger partial charge < -0.3 is 9.88 Å². The van der Waals surface area contributed by atoms with Gasteiger partial charge in [-0.3, -0.25) is 9.59 Å². The van der Waals surface area contributed by atoms with Gasteiger partial charge in [-0.25, -0.2) is 0 Å². The Kier molecular flexibility index (Phi) is 4.09. The largest absolute Gasteiger partial charge is 0.355 e. The first-order valence-corrected chi connectivity index (χ1v) is 5.08. The Hall–Kier alpha value is -1.58. The van der Waals surface area contributed by atoms with Crippen LogP contribution in [0.25, 0.3) is 0 Å². The number of aromatic nitrogens is 1. The summed E-state index contributed by atoms with van der Waals surface area (Å²) in [6.07, 6.45) is 2.65. The van der Waals surface area contributed by atoms with Gasteiger partial charge in [0.25, 0.3) is 0 Å². The number of carbonyl (C=O) groups excluding carboxylic acids is 2. The first-order chi connectivity index (χ1) is 7.15. The zero-order valence-electron chi connectivity index (χ0n) is 9.12. The van der Waals surface area contributed by atoms with Gasteiger partial charge >= 0.3 is 0 Å². The molecule has 0 saturated heterocycles. The molecule has 1 heterocycles. The summed E-state index contributed by atoms with van der Waals surface area (Å²) in [5.41, 5.74) is 0.571. The van der Waals surface area contributed by atoms with Gasteiger partial charge in [-0.2, -0.15) is 0 Å². The molecule has 0 unspecified atom stereocenters. The summed E-state index contributed by atoms with van der Waals surface area (Å²) < 4.78 is 1.66. The van der Waals surface area contributed by atoms with E-state index in [-0.39, 0.29) is 18.2 Å². The minimum absolute atomic E-state index is 0.0247. The third-order valence-corrected chi connectivity index (χ3v) is 2.08. The number of rotatable bonds is 5. The number of hydrogen-bond donors (Lipinski definition) is 1. The van der Waals surface area contributed by atoms with E-state index < -0.39 is 0 Å². The molecule has 0 spiro atoms. The van der Waals surface area contributed by atoms with E-state index in [0.29, 0.717) is 12.2 Å². The van der Waals surface area contributed by atoms with Crippen molar-refractivity contribution < 1.29 is 9.59 Å². The molecule has 1 rings (SSSR count). The third-order valence-electron chi connectivity index (χ3n) is 2.08. The van der Waals surface area contributed by atoms with Crippen LogP contribution < -0.4 is 5.32 Å². The predicted octanol–water partition coefficient (Wildman–Crippen LogP) is 1.22. The molecule has 0 saturated carbocycles. The minimum Gasteiger partial charge on any atom is -0.355 e. The topological polar surface area (TPSA) is 51.1 Å². The number of ketones is 1. The van der Waals surface area contributed by atoms with Gasteiger partial charge in [-0.05, 0) is 18.6 Å². The highest BCUT2D eigenvalue weighted by Crippen LogP contribution is 2.02. The van der Waals surface area contributed by atoms with Gasteiger partial charge in [-0.15, -0.1) is 0 Å². The van der Waals surface area contributed by atoms with Crippen LogP contribution in [0.1, 0.15) is 30.8 Å². The van der Waals surface area contributed by atoms with Crippen LogP contribution in [0, 0.1) is 0 Å². The van der Waals surface area contributed by atoms with E-state index in [1.165, 1.54) is 6.92 Å². The van der Waals surface area contributed by atoms with Crippen LogP contribution in [0.15, 0.2) is 18.3 Å². The van der Waals surface area contributed by atoms with Crippen LogP contribution in [0.2, 0.25) is 0 Å². The number of nitrogens with zero attached hydrogens (tertiary/aromatic N) is 1. The van der Waals surface area contributed by atoms with Crippen LogP contribution in [0.3, 0.4) is 0 Å². The van der Waals surface area contributed by atoms with Gasteiger partial charge in [0.1, 0.15) is 6.54 Å². The fourth-order valence-electron chi connectivity index (χ4n) is 1.35. The smallest absolute Gasteiger partial charge is 0.239 e. The van der Waals surface area contributed by atoms with Crippen LogP contribution in [0.5, 0.6) is 0 Å².